The fourth-order valence-electron chi connectivity index (χ4n) is 1.31. The minimum atomic E-state index is -0.494. The fraction of sp³-hybridized carbons (Fsp3) is 0.100. The van der Waals surface area contributed by atoms with Crippen LogP contribution in [-0.2, 0) is 6.54 Å². The Kier molecular flexibility index (Phi) is 3.70. The predicted octanol–water partition coefficient (Wildman–Crippen LogP) is 3.43. The molecule has 0 amide bonds. The van der Waals surface area contributed by atoms with Gasteiger partial charge in [0.05, 0.1) is 6.54 Å². The van der Waals surface area contributed by atoms with Crippen LogP contribution >= 0.6 is 27.3 Å². The Morgan fingerprint density at radius 3 is 3.00 bits per heavy atom. The van der Waals surface area contributed by atoms with Gasteiger partial charge in [-0.2, -0.15) is 0 Å². The maximum Gasteiger partial charge on any atom is 0.386 e. The first kappa shape index (κ1) is 12.0. The Balaban J connectivity index is 2.14. The van der Waals surface area contributed by atoms with Crippen LogP contribution in [0.4, 0.5) is 11.5 Å². The molecule has 7 heteroatoms. The molecular formula is C10H8BrN3O2S. The smallest absolute Gasteiger partial charge is 0.373 e. The molecule has 0 aliphatic carbocycles. The van der Waals surface area contributed by atoms with E-state index in [1.807, 2.05) is 11.4 Å². The molecule has 1 N–H and O–H groups in total. The Labute approximate surface area is 110 Å². The summed E-state index contributed by atoms with van der Waals surface area (Å²) in [5.41, 5.74) is 0.429. The van der Waals surface area contributed by atoms with E-state index in [9.17, 15) is 10.1 Å². The maximum absolute atomic E-state index is 10.7. The molecule has 2 heterocycles. The highest BCUT2D eigenvalue weighted by Crippen LogP contribution is 2.25. The average Bonchev–Trinajstić information content (AvgIpc) is 2.72. The average molecular weight is 314 g/mol. The van der Waals surface area contributed by atoms with Gasteiger partial charge in [0.1, 0.15) is 11.9 Å². The van der Waals surface area contributed by atoms with Gasteiger partial charge in [0.15, 0.2) is 0 Å². The van der Waals surface area contributed by atoms with Gasteiger partial charge in [0, 0.05) is 9.35 Å². The van der Waals surface area contributed by atoms with Gasteiger partial charge < -0.3 is 15.4 Å². The molecule has 2 aromatic heterocycles. The summed E-state index contributed by atoms with van der Waals surface area (Å²) in [5, 5.41) is 15.7. The van der Waals surface area contributed by atoms with Crippen molar-refractivity contribution in [1.29, 1.82) is 0 Å². The minimum Gasteiger partial charge on any atom is -0.373 e. The van der Waals surface area contributed by atoms with Crippen LogP contribution in [0.5, 0.6) is 0 Å². The molecule has 0 radical (unpaired) electrons. The monoisotopic (exact) mass is 313 g/mol. The molecule has 0 atom stereocenters. The second-order valence-corrected chi connectivity index (χ2v) is 5.03. The summed E-state index contributed by atoms with van der Waals surface area (Å²) < 4.78 is 1.00. The van der Waals surface area contributed by atoms with Gasteiger partial charge in [-0.15, -0.1) is 11.3 Å². The van der Waals surface area contributed by atoms with E-state index < -0.39 is 4.92 Å². The number of thiophene rings is 1. The van der Waals surface area contributed by atoms with Gasteiger partial charge >= 0.3 is 5.82 Å². The van der Waals surface area contributed by atoms with Gasteiger partial charge in [-0.3, -0.25) is 0 Å². The van der Waals surface area contributed by atoms with Crippen LogP contribution in [0.3, 0.4) is 0 Å². The molecule has 0 aliphatic rings. The summed E-state index contributed by atoms with van der Waals surface area (Å²) >= 11 is 4.99. The number of rotatable bonds is 4. The van der Waals surface area contributed by atoms with Crippen molar-refractivity contribution >= 4 is 38.8 Å². The number of hydrogen-bond acceptors (Lipinski definition) is 5. The summed E-state index contributed by atoms with van der Waals surface area (Å²) in [6.45, 7) is 0.533. The lowest BCUT2D eigenvalue weighted by Crippen LogP contribution is -2.03. The summed E-state index contributed by atoms with van der Waals surface area (Å²) in [5.74, 6) is -0.153. The molecule has 0 saturated heterocycles. The Morgan fingerprint density at radius 2 is 2.35 bits per heavy atom. The van der Waals surface area contributed by atoms with Crippen LogP contribution in [0, 0.1) is 10.1 Å². The van der Waals surface area contributed by atoms with E-state index in [-0.39, 0.29) is 5.82 Å². The zero-order valence-corrected chi connectivity index (χ0v) is 11.0. The quantitative estimate of drug-likeness (QED) is 0.693. The molecule has 0 bridgehead atoms. The topological polar surface area (TPSA) is 68.1 Å². The molecule has 0 aromatic carbocycles. The standard InChI is InChI=1S/C10H8BrN3O2S/c11-7-3-5-17-9(7)6-13-8-2-1-4-12-10(8)14(15)16/h1-5,13H,6H2. The third kappa shape index (κ3) is 2.80. The lowest BCUT2D eigenvalue weighted by molar-refractivity contribution is -0.388. The Bertz CT molecular complexity index is 544. The highest BCUT2D eigenvalue weighted by Gasteiger charge is 2.13. The zero-order valence-electron chi connectivity index (χ0n) is 8.59. The maximum atomic E-state index is 10.7. The van der Waals surface area contributed by atoms with E-state index in [0.717, 1.165) is 9.35 Å². The number of nitro groups is 1. The summed E-state index contributed by atoms with van der Waals surface area (Å²) in [7, 11) is 0. The first-order chi connectivity index (χ1) is 8.18. The molecule has 17 heavy (non-hydrogen) atoms. The van der Waals surface area contributed by atoms with E-state index in [1.165, 1.54) is 6.20 Å². The van der Waals surface area contributed by atoms with Crippen molar-refractivity contribution in [1.82, 2.24) is 4.98 Å². The van der Waals surface area contributed by atoms with Crippen LogP contribution < -0.4 is 5.32 Å². The Hall–Kier alpha value is -1.47. The van der Waals surface area contributed by atoms with Crippen LogP contribution in [0.2, 0.25) is 0 Å². The third-order valence-electron chi connectivity index (χ3n) is 2.09. The first-order valence-corrected chi connectivity index (χ1v) is 6.41. The number of nitrogens with one attached hydrogen (secondary N) is 1. The molecule has 2 aromatic rings. The van der Waals surface area contributed by atoms with E-state index in [1.54, 1.807) is 23.5 Å². The van der Waals surface area contributed by atoms with E-state index in [2.05, 4.69) is 26.2 Å². The SMILES string of the molecule is O=[N+]([O-])c1ncccc1NCc1sccc1Br. The van der Waals surface area contributed by atoms with Crippen molar-refractivity contribution in [3.05, 3.63) is 49.2 Å². The number of aromatic nitrogens is 1. The number of hydrogen-bond donors (Lipinski definition) is 1. The van der Waals surface area contributed by atoms with E-state index in [4.69, 9.17) is 0 Å². The molecule has 0 fully saturated rings. The van der Waals surface area contributed by atoms with Crippen molar-refractivity contribution < 1.29 is 4.92 Å². The molecule has 2 rings (SSSR count). The summed E-state index contributed by atoms with van der Waals surface area (Å²) in [4.78, 5) is 15.1. The van der Waals surface area contributed by atoms with Crippen LogP contribution in [0.15, 0.2) is 34.2 Å². The van der Waals surface area contributed by atoms with Gasteiger partial charge in [0.2, 0.25) is 0 Å². The van der Waals surface area contributed by atoms with Gasteiger partial charge in [-0.05, 0) is 49.4 Å². The van der Waals surface area contributed by atoms with Crippen molar-refractivity contribution in [2.75, 3.05) is 5.32 Å². The molecule has 88 valence electrons. The second-order valence-electron chi connectivity index (χ2n) is 3.18. The van der Waals surface area contributed by atoms with Gasteiger partial charge in [0.25, 0.3) is 0 Å². The molecule has 0 aliphatic heterocycles. The predicted molar refractivity (Wildman–Crippen MR) is 70.2 cm³/mol. The number of anilines is 1. The zero-order chi connectivity index (χ0) is 12.3. The molecule has 0 spiro atoms. The molecule has 0 saturated carbocycles. The summed E-state index contributed by atoms with van der Waals surface area (Å²) in [6, 6.07) is 5.25. The van der Waals surface area contributed by atoms with Gasteiger partial charge in [-0.25, -0.2) is 0 Å². The van der Waals surface area contributed by atoms with Crippen LogP contribution in [0.1, 0.15) is 4.88 Å². The lowest BCUT2D eigenvalue weighted by atomic mass is 10.3. The second kappa shape index (κ2) is 5.24. The first-order valence-electron chi connectivity index (χ1n) is 4.73. The minimum absolute atomic E-state index is 0.153. The third-order valence-corrected chi connectivity index (χ3v) is 4.02. The molecular weight excluding hydrogens is 306 g/mol. The Morgan fingerprint density at radius 1 is 1.53 bits per heavy atom. The van der Waals surface area contributed by atoms with E-state index in [0.29, 0.717) is 12.2 Å². The van der Waals surface area contributed by atoms with Crippen molar-refractivity contribution in [2.45, 2.75) is 6.54 Å². The normalized spacial score (nSPS) is 10.2. The highest BCUT2D eigenvalue weighted by atomic mass is 79.9. The van der Waals surface area contributed by atoms with Crippen molar-refractivity contribution in [3.63, 3.8) is 0 Å². The van der Waals surface area contributed by atoms with Crippen molar-refractivity contribution in [2.24, 2.45) is 0 Å². The summed E-state index contributed by atoms with van der Waals surface area (Å²) in [6.07, 6.45) is 1.41. The number of pyridine rings is 1. The van der Waals surface area contributed by atoms with Crippen LogP contribution in [0.25, 0.3) is 0 Å². The highest BCUT2D eigenvalue weighted by molar-refractivity contribution is 9.10. The molecule has 5 nitrogen and oxygen atoms in total. The van der Waals surface area contributed by atoms with Crippen LogP contribution in [-0.4, -0.2) is 9.91 Å². The number of halogens is 1. The van der Waals surface area contributed by atoms with Crippen molar-refractivity contribution in [3.8, 4) is 0 Å². The largest absolute Gasteiger partial charge is 0.386 e. The van der Waals surface area contributed by atoms with E-state index >= 15 is 0 Å². The fourth-order valence-corrected chi connectivity index (χ4v) is 2.74. The number of nitrogens with zero attached hydrogens (tertiary/aromatic N) is 2. The molecule has 0 unspecified atom stereocenters. The van der Waals surface area contributed by atoms with Gasteiger partial charge in [-0.1, -0.05) is 0 Å². The lowest BCUT2D eigenvalue weighted by Gasteiger charge is -2.05.